The third-order valence-corrected chi connectivity index (χ3v) is 13.0. The van der Waals surface area contributed by atoms with Crippen LogP contribution in [0.25, 0.3) is 0 Å². The Hall–Kier alpha value is -1.60. The molecule has 0 aromatic heterocycles. The number of nitrogens with zero attached hydrogens (tertiary/aromatic N) is 1. The topological polar surface area (TPSA) is 79.9 Å². The molecule has 0 aromatic carbocycles. The average molecular weight is 614 g/mol. The Labute approximate surface area is 268 Å². The summed E-state index contributed by atoms with van der Waals surface area (Å²) in [4.78, 5) is 27.1. The monoisotopic (exact) mass is 613 g/mol. The molecule has 7 heteroatoms. The molecule has 0 radical (unpaired) electrons. The minimum absolute atomic E-state index is 0.0355. The zero-order chi connectivity index (χ0) is 31.3. The summed E-state index contributed by atoms with van der Waals surface area (Å²) in [7, 11) is 0. The highest BCUT2D eigenvalue weighted by molar-refractivity contribution is 5.77. The number of alkyl carbamates (subject to hydrolysis) is 1. The fourth-order valence-corrected chi connectivity index (χ4v) is 10.5. The maximum Gasteiger partial charge on any atom is 0.407 e. The predicted octanol–water partition coefficient (Wildman–Crippen LogP) is 6.96. The van der Waals surface area contributed by atoms with Gasteiger partial charge in [0.2, 0.25) is 5.91 Å². The summed E-state index contributed by atoms with van der Waals surface area (Å²) in [5.74, 6) is 4.97. The molecule has 4 fully saturated rings. The molecule has 1 heterocycles. The van der Waals surface area contributed by atoms with Crippen LogP contribution in [-0.2, 0) is 14.3 Å². The number of ether oxygens (including phenoxy) is 2. The van der Waals surface area contributed by atoms with E-state index in [2.05, 4.69) is 56.2 Å². The van der Waals surface area contributed by atoms with Crippen LogP contribution < -0.4 is 10.6 Å². The maximum atomic E-state index is 12.6. The van der Waals surface area contributed by atoms with E-state index < -0.39 is 0 Å². The van der Waals surface area contributed by atoms with Crippen LogP contribution in [-0.4, -0.2) is 68.9 Å². The van der Waals surface area contributed by atoms with Crippen molar-refractivity contribution in [1.29, 1.82) is 0 Å². The van der Waals surface area contributed by atoms with Gasteiger partial charge in [0.25, 0.3) is 0 Å². The van der Waals surface area contributed by atoms with E-state index in [9.17, 15) is 9.59 Å². The Bertz CT molecular complexity index is 1010. The SMILES string of the molecule is CC(C)CCCC(C)C1CCC2C3CC=C4CC(OC(=O)NCCC(=O)NCCN5CCOCC5)CC[C@]4(C)C3CCC12C. The van der Waals surface area contributed by atoms with Crippen LogP contribution in [0.5, 0.6) is 0 Å². The molecule has 0 spiro atoms. The van der Waals surface area contributed by atoms with Crippen molar-refractivity contribution in [3.63, 3.8) is 0 Å². The van der Waals surface area contributed by atoms with Gasteiger partial charge in [-0.1, -0.05) is 65.5 Å². The number of nitrogens with one attached hydrogen (secondary N) is 2. The summed E-state index contributed by atoms with van der Waals surface area (Å²) in [5, 5.41) is 5.78. The van der Waals surface area contributed by atoms with Gasteiger partial charge in [-0.3, -0.25) is 9.69 Å². The molecular formula is C37H63N3O4. The summed E-state index contributed by atoms with van der Waals surface area (Å²) < 4.78 is 11.3. The van der Waals surface area contributed by atoms with E-state index >= 15 is 0 Å². The van der Waals surface area contributed by atoms with E-state index in [-0.39, 0.29) is 29.9 Å². The minimum Gasteiger partial charge on any atom is -0.446 e. The smallest absolute Gasteiger partial charge is 0.407 e. The zero-order valence-electron chi connectivity index (χ0n) is 28.6. The number of amides is 2. The lowest BCUT2D eigenvalue weighted by atomic mass is 9.47. The molecule has 1 aliphatic heterocycles. The van der Waals surface area contributed by atoms with E-state index in [4.69, 9.17) is 9.47 Å². The lowest BCUT2D eigenvalue weighted by Crippen LogP contribution is -2.51. The Kier molecular flexibility index (Phi) is 11.4. The largest absolute Gasteiger partial charge is 0.446 e. The van der Waals surface area contributed by atoms with Crippen molar-refractivity contribution >= 4 is 12.0 Å². The van der Waals surface area contributed by atoms with Gasteiger partial charge in [0.05, 0.1) is 13.2 Å². The van der Waals surface area contributed by atoms with Gasteiger partial charge < -0.3 is 20.1 Å². The molecule has 0 aromatic rings. The van der Waals surface area contributed by atoms with E-state index in [1.165, 1.54) is 51.4 Å². The van der Waals surface area contributed by atoms with Gasteiger partial charge in [0.15, 0.2) is 0 Å². The van der Waals surface area contributed by atoms with E-state index in [1.54, 1.807) is 5.57 Å². The fourth-order valence-electron chi connectivity index (χ4n) is 10.5. The standard InChI is InChI=1S/C37H63N3O4/c1-26(2)7-6-8-27(3)31-11-12-32-30-10-9-28-25-29(13-16-36(28,4)33(30)14-17-37(31,32)5)44-35(42)39-18-15-34(41)38-19-20-40-21-23-43-24-22-40/h9,26-27,29-33H,6-8,10-25H2,1-5H3,(H,38,41)(H,39,42)/t27?,29?,30?,31?,32?,33?,36-,37?/m0/s1. The van der Waals surface area contributed by atoms with Crippen molar-refractivity contribution in [3.05, 3.63) is 11.6 Å². The molecule has 44 heavy (non-hydrogen) atoms. The van der Waals surface area contributed by atoms with Crippen molar-refractivity contribution in [2.24, 2.45) is 46.3 Å². The predicted molar refractivity (Wildman–Crippen MR) is 176 cm³/mol. The third-order valence-electron chi connectivity index (χ3n) is 13.0. The van der Waals surface area contributed by atoms with Crippen LogP contribution in [0.2, 0.25) is 0 Å². The second kappa shape index (κ2) is 14.9. The van der Waals surface area contributed by atoms with Gasteiger partial charge in [-0.2, -0.15) is 0 Å². The van der Waals surface area contributed by atoms with Crippen LogP contribution in [0.15, 0.2) is 11.6 Å². The van der Waals surface area contributed by atoms with E-state index in [1.807, 2.05) is 0 Å². The summed E-state index contributed by atoms with van der Waals surface area (Å²) in [6.07, 6.45) is 16.3. The number of allylic oxidation sites excluding steroid dienone is 1. The van der Waals surface area contributed by atoms with Crippen molar-refractivity contribution in [1.82, 2.24) is 15.5 Å². The van der Waals surface area contributed by atoms with Crippen LogP contribution >= 0.6 is 0 Å². The average Bonchev–Trinajstić information content (AvgIpc) is 3.35. The molecule has 1 saturated heterocycles. The van der Waals surface area contributed by atoms with Crippen molar-refractivity contribution < 1.29 is 19.1 Å². The highest BCUT2D eigenvalue weighted by Crippen LogP contribution is 2.67. The first kappa shape index (κ1) is 33.8. The van der Waals surface area contributed by atoms with E-state index in [0.29, 0.717) is 18.5 Å². The molecule has 0 bridgehead atoms. The van der Waals surface area contributed by atoms with E-state index in [0.717, 1.165) is 87.6 Å². The molecule has 2 N–H and O–H groups in total. The highest BCUT2D eigenvalue weighted by Gasteiger charge is 2.59. The maximum absolute atomic E-state index is 12.6. The molecule has 3 saturated carbocycles. The second-order valence-electron chi connectivity index (χ2n) is 16.0. The molecule has 7 nitrogen and oxygen atoms in total. The Morgan fingerprint density at radius 2 is 1.80 bits per heavy atom. The van der Waals surface area contributed by atoms with Crippen molar-refractivity contribution in [2.45, 2.75) is 118 Å². The van der Waals surface area contributed by atoms with Gasteiger partial charge in [0, 0.05) is 45.6 Å². The van der Waals surface area contributed by atoms with Gasteiger partial charge in [0.1, 0.15) is 6.10 Å². The number of carbonyl (C=O) groups is 2. The molecule has 2 amide bonds. The minimum atomic E-state index is -0.387. The lowest BCUT2D eigenvalue weighted by molar-refractivity contribution is -0.121. The molecule has 5 aliphatic rings. The molecule has 4 aliphatic carbocycles. The van der Waals surface area contributed by atoms with Crippen molar-refractivity contribution in [3.8, 4) is 0 Å². The number of hydrogen-bond acceptors (Lipinski definition) is 5. The molecular weight excluding hydrogens is 550 g/mol. The van der Waals surface area contributed by atoms with Crippen molar-refractivity contribution in [2.75, 3.05) is 45.9 Å². The number of carbonyl (C=O) groups excluding carboxylic acids is 2. The molecule has 7 unspecified atom stereocenters. The Morgan fingerprint density at radius 1 is 1.00 bits per heavy atom. The number of fused-ring (bicyclic) bond motifs is 5. The summed E-state index contributed by atoms with van der Waals surface area (Å²) in [6.45, 7) is 17.6. The van der Waals surface area contributed by atoms with Crippen LogP contribution in [0.1, 0.15) is 112 Å². The number of rotatable bonds is 12. The first-order valence-corrected chi connectivity index (χ1v) is 18.3. The zero-order valence-corrected chi connectivity index (χ0v) is 28.6. The first-order chi connectivity index (χ1) is 21.1. The third kappa shape index (κ3) is 7.67. The summed E-state index contributed by atoms with van der Waals surface area (Å²) in [6, 6.07) is 0. The highest BCUT2D eigenvalue weighted by atomic mass is 16.6. The molecule has 250 valence electrons. The summed E-state index contributed by atoms with van der Waals surface area (Å²) in [5.41, 5.74) is 2.31. The van der Waals surface area contributed by atoms with Gasteiger partial charge >= 0.3 is 6.09 Å². The first-order valence-electron chi connectivity index (χ1n) is 18.3. The quantitative estimate of drug-likeness (QED) is 0.233. The molecule has 5 rings (SSSR count). The fraction of sp³-hybridized carbons (Fsp3) is 0.892. The van der Waals surface area contributed by atoms with Crippen LogP contribution in [0.4, 0.5) is 4.79 Å². The van der Waals surface area contributed by atoms with Gasteiger partial charge in [-0.25, -0.2) is 4.79 Å². The van der Waals surface area contributed by atoms with Gasteiger partial charge in [-0.15, -0.1) is 0 Å². The van der Waals surface area contributed by atoms with Crippen LogP contribution in [0.3, 0.4) is 0 Å². The second-order valence-corrected chi connectivity index (χ2v) is 16.0. The summed E-state index contributed by atoms with van der Waals surface area (Å²) >= 11 is 0. The van der Waals surface area contributed by atoms with Crippen LogP contribution in [0, 0.1) is 46.3 Å². The van der Waals surface area contributed by atoms with Gasteiger partial charge in [-0.05, 0) is 91.3 Å². The number of hydrogen-bond donors (Lipinski definition) is 2. The Morgan fingerprint density at radius 3 is 2.57 bits per heavy atom. The normalized spacial score (nSPS) is 36.0. The molecule has 8 atom stereocenters. The lowest BCUT2D eigenvalue weighted by Gasteiger charge is -2.58. The number of morpholine rings is 1. The Balaban J connectivity index is 1.06.